The van der Waals surface area contributed by atoms with Crippen LogP contribution >= 0.6 is 24.2 Å². The lowest BCUT2D eigenvalue weighted by molar-refractivity contribution is 0.341. The Kier molecular flexibility index (Phi) is 6.75. The first-order valence-electron chi connectivity index (χ1n) is 7.50. The van der Waals surface area contributed by atoms with E-state index in [1.54, 1.807) is 19.5 Å². The molecule has 0 saturated heterocycles. The van der Waals surface area contributed by atoms with E-state index >= 15 is 0 Å². The molecule has 0 aliphatic carbocycles. The fourth-order valence-electron chi connectivity index (χ4n) is 2.28. The number of methoxy groups -OCH3 is 1. The van der Waals surface area contributed by atoms with Crippen molar-refractivity contribution in [2.75, 3.05) is 25.2 Å². The molecule has 7 heteroatoms. The summed E-state index contributed by atoms with van der Waals surface area (Å²) in [7, 11) is 1.65. The maximum Gasteiger partial charge on any atom is 0.142 e. The van der Waals surface area contributed by atoms with Crippen molar-refractivity contribution < 1.29 is 9.47 Å². The molecule has 0 spiro atoms. The van der Waals surface area contributed by atoms with Crippen LogP contribution < -0.4 is 9.47 Å². The minimum absolute atomic E-state index is 0. The molecular formula is C17H20ClN3O2S. The van der Waals surface area contributed by atoms with Crippen LogP contribution in [0.25, 0.3) is 22.4 Å². The quantitative estimate of drug-likeness (QED) is 0.636. The Bertz CT molecular complexity index is 761. The third-order valence-electron chi connectivity index (χ3n) is 3.42. The standard InChI is InChI=1S/C17H19N3O2S.ClH/c1-3-23-9-8-22-16-10-12(21-2)4-5-13(16)17-19-14-6-7-18-11-15(14)20-17;/h4-7,10-11H,3,8-9H2,1-2H3,(H,19,20);1H. The van der Waals surface area contributed by atoms with Crippen LogP contribution in [-0.4, -0.2) is 40.2 Å². The summed E-state index contributed by atoms with van der Waals surface area (Å²) < 4.78 is 11.3. The van der Waals surface area contributed by atoms with Crippen LogP contribution in [0.15, 0.2) is 36.7 Å². The highest BCUT2D eigenvalue weighted by atomic mass is 35.5. The van der Waals surface area contributed by atoms with E-state index in [1.807, 2.05) is 36.0 Å². The second-order valence-corrected chi connectivity index (χ2v) is 6.28. The number of aromatic amines is 1. The number of pyridine rings is 1. The number of nitrogens with one attached hydrogen (secondary N) is 1. The van der Waals surface area contributed by atoms with Crippen LogP contribution in [0.2, 0.25) is 0 Å². The van der Waals surface area contributed by atoms with Crippen molar-refractivity contribution >= 4 is 35.2 Å². The monoisotopic (exact) mass is 365 g/mol. The van der Waals surface area contributed by atoms with Gasteiger partial charge in [0.05, 0.1) is 31.0 Å². The normalized spacial score (nSPS) is 10.4. The van der Waals surface area contributed by atoms with Crippen molar-refractivity contribution in [1.82, 2.24) is 15.0 Å². The summed E-state index contributed by atoms with van der Waals surface area (Å²) in [6.07, 6.45) is 3.50. The van der Waals surface area contributed by atoms with Gasteiger partial charge in [-0.05, 0) is 24.0 Å². The zero-order chi connectivity index (χ0) is 16.1. The number of ether oxygens (including phenoxy) is 2. The molecule has 5 nitrogen and oxygen atoms in total. The number of benzene rings is 1. The SMILES string of the molecule is CCSCCOc1cc(OC)ccc1-c1nc2cnccc2[nH]1.Cl. The molecule has 0 saturated carbocycles. The van der Waals surface area contributed by atoms with Crippen LogP contribution in [0.5, 0.6) is 11.5 Å². The first-order chi connectivity index (χ1) is 11.3. The molecule has 0 fully saturated rings. The summed E-state index contributed by atoms with van der Waals surface area (Å²) in [6, 6.07) is 7.69. The number of fused-ring (bicyclic) bond motifs is 1. The van der Waals surface area contributed by atoms with Gasteiger partial charge in [0.25, 0.3) is 0 Å². The van der Waals surface area contributed by atoms with Gasteiger partial charge in [-0.1, -0.05) is 6.92 Å². The van der Waals surface area contributed by atoms with Crippen molar-refractivity contribution in [3.63, 3.8) is 0 Å². The summed E-state index contributed by atoms with van der Waals surface area (Å²) in [5.41, 5.74) is 2.72. The van der Waals surface area contributed by atoms with Crippen molar-refractivity contribution in [2.24, 2.45) is 0 Å². The van der Waals surface area contributed by atoms with Gasteiger partial charge in [0.1, 0.15) is 22.8 Å². The molecule has 0 bridgehead atoms. The van der Waals surface area contributed by atoms with E-state index in [-0.39, 0.29) is 12.4 Å². The van der Waals surface area contributed by atoms with Crippen molar-refractivity contribution in [1.29, 1.82) is 0 Å². The molecule has 0 aliphatic rings. The summed E-state index contributed by atoms with van der Waals surface area (Å²) in [4.78, 5) is 12.0. The number of rotatable bonds is 7. The predicted molar refractivity (Wildman–Crippen MR) is 102 cm³/mol. The maximum absolute atomic E-state index is 5.96. The number of thioether (sulfide) groups is 1. The van der Waals surface area contributed by atoms with Gasteiger partial charge in [0.2, 0.25) is 0 Å². The highest BCUT2D eigenvalue weighted by Crippen LogP contribution is 2.33. The highest BCUT2D eigenvalue weighted by molar-refractivity contribution is 7.99. The first kappa shape index (κ1) is 18.4. The van der Waals surface area contributed by atoms with Gasteiger partial charge in [-0.3, -0.25) is 4.98 Å². The van der Waals surface area contributed by atoms with Crippen molar-refractivity contribution in [3.8, 4) is 22.9 Å². The van der Waals surface area contributed by atoms with Crippen LogP contribution in [0.3, 0.4) is 0 Å². The summed E-state index contributed by atoms with van der Waals surface area (Å²) in [6.45, 7) is 2.80. The number of halogens is 1. The lowest BCUT2D eigenvalue weighted by Crippen LogP contribution is -2.02. The lowest BCUT2D eigenvalue weighted by atomic mass is 10.2. The zero-order valence-electron chi connectivity index (χ0n) is 13.6. The summed E-state index contributed by atoms with van der Waals surface area (Å²) in [5, 5.41) is 0. The third-order valence-corrected chi connectivity index (χ3v) is 4.28. The van der Waals surface area contributed by atoms with E-state index in [4.69, 9.17) is 9.47 Å². The average Bonchev–Trinajstić information content (AvgIpc) is 3.02. The molecule has 0 unspecified atom stereocenters. The van der Waals surface area contributed by atoms with Gasteiger partial charge in [-0.2, -0.15) is 11.8 Å². The number of hydrogen-bond acceptors (Lipinski definition) is 5. The van der Waals surface area contributed by atoms with Crippen molar-refractivity contribution in [3.05, 3.63) is 36.7 Å². The molecule has 0 radical (unpaired) electrons. The smallest absolute Gasteiger partial charge is 0.142 e. The van der Waals surface area contributed by atoms with Gasteiger partial charge in [0.15, 0.2) is 0 Å². The lowest BCUT2D eigenvalue weighted by Gasteiger charge is -2.11. The van der Waals surface area contributed by atoms with Crippen molar-refractivity contribution in [2.45, 2.75) is 6.92 Å². The minimum atomic E-state index is 0. The maximum atomic E-state index is 5.96. The van der Waals surface area contributed by atoms with E-state index < -0.39 is 0 Å². The molecule has 1 N–H and O–H groups in total. The molecule has 2 aromatic heterocycles. The molecule has 2 heterocycles. The zero-order valence-corrected chi connectivity index (χ0v) is 15.2. The van der Waals surface area contributed by atoms with Gasteiger partial charge in [0, 0.05) is 18.0 Å². The fraction of sp³-hybridized carbons (Fsp3) is 0.294. The van der Waals surface area contributed by atoms with Crippen LogP contribution in [-0.2, 0) is 0 Å². The molecule has 128 valence electrons. The number of imidazole rings is 1. The Morgan fingerprint density at radius 2 is 2.12 bits per heavy atom. The molecule has 0 atom stereocenters. The Morgan fingerprint density at radius 1 is 1.25 bits per heavy atom. The average molecular weight is 366 g/mol. The first-order valence-corrected chi connectivity index (χ1v) is 8.66. The molecule has 24 heavy (non-hydrogen) atoms. The molecule has 3 rings (SSSR count). The predicted octanol–water partition coefficient (Wildman–Crippen LogP) is 4.19. The second kappa shape index (κ2) is 8.80. The van der Waals surface area contributed by atoms with E-state index in [0.717, 1.165) is 45.4 Å². The highest BCUT2D eigenvalue weighted by Gasteiger charge is 2.12. The Balaban J connectivity index is 0.00000208. The molecule has 0 amide bonds. The van der Waals surface area contributed by atoms with E-state index in [9.17, 15) is 0 Å². The summed E-state index contributed by atoms with van der Waals surface area (Å²) >= 11 is 1.85. The van der Waals surface area contributed by atoms with E-state index in [2.05, 4.69) is 21.9 Å². The number of nitrogens with zero attached hydrogens (tertiary/aromatic N) is 2. The number of aromatic nitrogens is 3. The number of H-pyrrole nitrogens is 1. The number of hydrogen-bond donors (Lipinski definition) is 1. The van der Waals surface area contributed by atoms with Gasteiger partial charge < -0.3 is 14.5 Å². The van der Waals surface area contributed by atoms with Gasteiger partial charge >= 0.3 is 0 Å². The second-order valence-electron chi connectivity index (χ2n) is 4.89. The Labute approximate surface area is 151 Å². The van der Waals surface area contributed by atoms with Gasteiger partial charge in [-0.15, -0.1) is 12.4 Å². The van der Waals surface area contributed by atoms with E-state index in [0.29, 0.717) is 6.61 Å². The molecular weight excluding hydrogens is 346 g/mol. The molecule has 0 aliphatic heterocycles. The Hall–Kier alpha value is -1.92. The van der Waals surface area contributed by atoms with Crippen LogP contribution in [0, 0.1) is 0 Å². The van der Waals surface area contributed by atoms with Crippen LogP contribution in [0.4, 0.5) is 0 Å². The Morgan fingerprint density at radius 3 is 2.88 bits per heavy atom. The van der Waals surface area contributed by atoms with Gasteiger partial charge in [-0.25, -0.2) is 4.98 Å². The van der Waals surface area contributed by atoms with E-state index in [1.165, 1.54) is 0 Å². The fourth-order valence-corrected chi connectivity index (χ4v) is 2.77. The topological polar surface area (TPSA) is 60.0 Å². The largest absolute Gasteiger partial charge is 0.497 e. The minimum Gasteiger partial charge on any atom is -0.497 e. The molecule has 1 aromatic carbocycles. The summed E-state index contributed by atoms with van der Waals surface area (Å²) in [5.74, 6) is 4.36. The molecule has 3 aromatic rings. The third kappa shape index (κ3) is 4.13. The van der Waals surface area contributed by atoms with Crippen LogP contribution in [0.1, 0.15) is 6.92 Å².